The van der Waals surface area contributed by atoms with Gasteiger partial charge >= 0.3 is 5.97 Å². The van der Waals surface area contributed by atoms with E-state index in [1.165, 1.54) is 24.2 Å². The molecule has 0 aliphatic carbocycles. The second-order valence-corrected chi connectivity index (χ2v) is 2.39. The molecule has 1 aromatic heterocycles. The highest BCUT2D eigenvalue weighted by molar-refractivity contribution is 5.88. The van der Waals surface area contributed by atoms with Crippen LogP contribution >= 0.6 is 0 Å². The van der Waals surface area contributed by atoms with Gasteiger partial charge in [-0.1, -0.05) is 4.68 Å². The van der Waals surface area contributed by atoms with E-state index in [9.17, 15) is 4.79 Å². The van der Waals surface area contributed by atoms with Gasteiger partial charge in [-0.25, -0.2) is 4.79 Å². The molecule has 0 unspecified atom stereocenters. The first-order valence-corrected chi connectivity index (χ1v) is 3.83. The predicted octanol–water partition coefficient (Wildman–Crippen LogP) is -0.852. The first kappa shape index (κ1) is 9.60. The summed E-state index contributed by atoms with van der Waals surface area (Å²) >= 11 is 0. The molecule has 1 heterocycles. The summed E-state index contributed by atoms with van der Waals surface area (Å²) in [5, 5.41) is 12.5. The third kappa shape index (κ3) is 2.48. The highest BCUT2D eigenvalue weighted by atomic mass is 16.5. The maximum absolute atomic E-state index is 11.0. The molecule has 0 aliphatic heterocycles. The Bertz CT molecular complexity index is 301. The molecule has 5 heteroatoms. The number of hydrogen-bond acceptors (Lipinski definition) is 4. The van der Waals surface area contributed by atoms with Gasteiger partial charge in [-0.2, -0.15) is 0 Å². The maximum Gasteiger partial charge on any atom is 0.344 e. The minimum Gasteiger partial charge on any atom is -0.465 e. The number of carbonyl (C=O) groups is 1. The van der Waals surface area contributed by atoms with Crippen molar-refractivity contribution in [3.63, 3.8) is 0 Å². The van der Waals surface area contributed by atoms with Crippen molar-refractivity contribution in [2.24, 2.45) is 0 Å². The van der Waals surface area contributed by atoms with E-state index in [4.69, 9.17) is 5.11 Å². The van der Waals surface area contributed by atoms with Crippen LogP contribution in [0.5, 0.6) is 0 Å². The lowest BCUT2D eigenvalue weighted by atomic mass is 10.3. The number of rotatable bonds is 3. The van der Waals surface area contributed by atoms with Crippen molar-refractivity contribution in [3.8, 4) is 0 Å². The van der Waals surface area contributed by atoms with E-state index in [0.29, 0.717) is 12.1 Å². The van der Waals surface area contributed by atoms with Gasteiger partial charge in [0.1, 0.15) is 12.2 Å². The van der Waals surface area contributed by atoms with Crippen LogP contribution in [0.1, 0.15) is 10.4 Å². The fraction of sp³-hybridized carbons (Fsp3) is 0.375. The van der Waals surface area contributed by atoms with Gasteiger partial charge in [0.2, 0.25) is 6.20 Å². The molecule has 0 aliphatic rings. The second-order valence-electron chi connectivity index (χ2n) is 2.39. The Morgan fingerprint density at radius 2 is 2.54 bits per heavy atom. The van der Waals surface area contributed by atoms with Crippen molar-refractivity contribution in [1.82, 2.24) is 5.10 Å². The fourth-order valence-corrected chi connectivity index (χ4v) is 0.900. The minimum absolute atomic E-state index is 0.0116. The quantitative estimate of drug-likeness (QED) is 0.489. The highest BCUT2D eigenvalue weighted by Gasteiger charge is 2.10. The monoisotopic (exact) mass is 183 g/mol. The van der Waals surface area contributed by atoms with Crippen molar-refractivity contribution >= 4 is 5.97 Å². The molecule has 0 bridgehead atoms. The number of aromatic nitrogens is 2. The van der Waals surface area contributed by atoms with Gasteiger partial charge in [-0.15, -0.1) is 0 Å². The molecule has 1 N–H and O–H groups in total. The zero-order valence-corrected chi connectivity index (χ0v) is 7.30. The van der Waals surface area contributed by atoms with E-state index in [2.05, 4.69) is 9.84 Å². The number of carbonyl (C=O) groups excluding carboxylic acids is 1. The van der Waals surface area contributed by atoms with Crippen LogP contribution in [0.4, 0.5) is 0 Å². The van der Waals surface area contributed by atoms with Gasteiger partial charge in [0, 0.05) is 0 Å². The molecule has 0 saturated heterocycles. The number of esters is 1. The third-order valence-corrected chi connectivity index (χ3v) is 1.51. The summed E-state index contributed by atoms with van der Waals surface area (Å²) in [6.07, 6.45) is 3.02. The van der Waals surface area contributed by atoms with Crippen molar-refractivity contribution in [2.45, 2.75) is 6.54 Å². The lowest BCUT2D eigenvalue weighted by molar-refractivity contribution is -0.754. The number of ether oxygens (including phenoxy) is 1. The first-order chi connectivity index (χ1) is 6.27. The summed E-state index contributed by atoms with van der Waals surface area (Å²) in [6.45, 7) is 0.354. The summed E-state index contributed by atoms with van der Waals surface area (Å²) in [5.41, 5.74) is 0.422. The van der Waals surface area contributed by atoms with E-state index in [1.807, 2.05) is 0 Å². The van der Waals surface area contributed by atoms with Crippen LogP contribution in [-0.2, 0) is 11.3 Å². The van der Waals surface area contributed by atoms with Crippen molar-refractivity contribution in [2.75, 3.05) is 13.7 Å². The molecule has 5 nitrogen and oxygen atoms in total. The summed E-state index contributed by atoms with van der Waals surface area (Å²) in [4.78, 5) is 11.0. The molecular weight excluding hydrogens is 172 g/mol. The molecule has 0 spiro atoms. The Kier molecular flexibility index (Phi) is 3.33. The van der Waals surface area contributed by atoms with E-state index < -0.39 is 5.97 Å². The average molecular weight is 183 g/mol. The van der Waals surface area contributed by atoms with E-state index in [0.717, 1.165) is 0 Å². The molecule has 0 radical (unpaired) electrons. The van der Waals surface area contributed by atoms with E-state index in [-0.39, 0.29) is 6.61 Å². The zero-order valence-electron chi connectivity index (χ0n) is 7.30. The lowest BCUT2D eigenvalue weighted by Crippen LogP contribution is -2.39. The molecule has 70 valence electrons. The Morgan fingerprint density at radius 3 is 3.15 bits per heavy atom. The molecule has 0 saturated carbocycles. The highest BCUT2D eigenvalue weighted by Crippen LogP contribution is 1.94. The summed E-state index contributed by atoms with van der Waals surface area (Å²) in [5.74, 6) is -0.408. The first-order valence-electron chi connectivity index (χ1n) is 3.83. The number of hydrogen-bond donors (Lipinski definition) is 1. The van der Waals surface area contributed by atoms with Gasteiger partial charge in [0.05, 0.1) is 13.3 Å². The summed E-state index contributed by atoms with van der Waals surface area (Å²) in [6, 6.07) is 1.56. The molecule has 0 aromatic carbocycles. The summed E-state index contributed by atoms with van der Waals surface area (Å²) in [7, 11) is 1.32. The Hall–Kier alpha value is -1.49. The molecule has 1 aromatic rings. The number of aliphatic hydroxyl groups excluding tert-OH is 1. The minimum atomic E-state index is -0.408. The van der Waals surface area contributed by atoms with Crippen LogP contribution in [0.3, 0.4) is 0 Å². The molecule has 0 fully saturated rings. The second kappa shape index (κ2) is 4.51. The average Bonchev–Trinajstić information content (AvgIpc) is 2.18. The SMILES string of the molecule is COC(=O)c1ccn[n+](CCO)c1. The molecular formula is C8H11N2O3+. The van der Waals surface area contributed by atoms with Crippen LogP contribution in [0.2, 0.25) is 0 Å². The smallest absolute Gasteiger partial charge is 0.344 e. The number of nitrogens with zero attached hydrogens (tertiary/aromatic N) is 2. The van der Waals surface area contributed by atoms with Crippen molar-refractivity contribution < 1.29 is 19.3 Å². The van der Waals surface area contributed by atoms with Crippen LogP contribution in [0, 0.1) is 0 Å². The van der Waals surface area contributed by atoms with E-state index in [1.54, 1.807) is 6.07 Å². The lowest BCUT2D eigenvalue weighted by Gasteiger charge is -1.95. The maximum atomic E-state index is 11.0. The van der Waals surface area contributed by atoms with Crippen LogP contribution in [0.25, 0.3) is 0 Å². The largest absolute Gasteiger partial charge is 0.465 e. The van der Waals surface area contributed by atoms with Gasteiger partial charge in [0.25, 0.3) is 0 Å². The van der Waals surface area contributed by atoms with E-state index >= 15 is 0 Å². The van der Waals surface area contributed by atoms with Crippen LogP contribution < -0.4 is 4.68 Å². The molecule has 0 amide bonds. The number of aliphatic hydroxyl groups is 1. The zero-order chi connectivity index (χ0) is 9.68. The summed E-state index contributed by atoms with van der Waals surface area (Å²) < 4.78 is 6.01. The normalized spacial score (nSPS) is 9.69. The predicted molar refractivity (Wildman–Crippen MR) is 42.9 cm³/mol. The van der Waals surface area contributed by atoms with Gasteiger partial charge in [0.15, 0.2) is 6.54 Å². The van der Waals surface area contributed by atoms with Crippen molar-refractivity contribution in [1.29, 1.82) is 0 Å². The fourth-order valence-electron chi connectivity index (χ4n) is 0.900. The topological polar surface area (TPSA) is 63.3 Å². The molecule has 13 heavy (non-hydrogen) atoms. The Balaban J connectivity index is 2.85. The third-order valence-electron chi connectivity index (χ3n) is 1.51. The molecule has 1 rings (SSSR count). The van der Waals surface area contributed by atoms with Crippen LogP contribution in [0.15, 0.2) is 18.5 Å². The number of methoxy groups -OCH3 is 1. The molecule has 0 atom stereocenters. The van der Waals surface area contributed by atoms with Crippen molar-refractivity contribution in [3.05, 3.63) is 24.0 Å². The van der Waals surface area contributed by atoms with Crippen LogP contribution in [-0.4, -0.2) is 29.9 Å². The van der Waals surface area contributed by atoms with Gasteiger partial charge < -0.3 is 9.84 Å². The Labute approximate surface area is 75.6 Å². The van der Waals surface area contributed by atoms with Gasteiger partial charge in [-0.05, 0) is 11.2 Å². The Morgan fingerprint density at radius 1 is 1.77 bits per heavy atom. The standard InChI is InChI=1S/C8H11N2O3/c1-13-8(12)7-2-3-9-10(6-7)4-5-11/h2-3,6,11H,4-5H2,1H3/q+1. The van der Waals surface area contributed by atoms with Gasteiger partial charge in [-0.3, -0.25) is 0 Å².